The van der Waals surface area contributed by atoms with Gasteiger partial charge in [0.05, 0.1) is 5.69 Å². The molecule has 0 aliphatic heterocycles. The van der Waals surface area contributed by atoms with Gasteiger partial charge in [-0.05, 0) is 25.0 Å². The molecule has 1 aliphatic carbocycles. The van der Waals surface area contributed by atoms with Crippen LogP contribution in [-0.2, 0) is 0 Å². The van der Waals surface area contributed by atoms with Crippen LogP contribution in [0.3, 0.4) is 0 Å². The van der Waals surface area contributed by atoms with Crippen molar-refractivity contribution in [3.8, 4) is 11.3 Å². The van der Waals surface area contributed by atoms with Crippen LogP contribution in [0.4, 0.5) is 5.82 Å². The molecular formula is C12H11ClN4. The molecule has 0 amide bonds. The van der Waals surface area contributed by atoms with Crippen LogP contribution in [0.25, 0.3) is 11.3 Å². The number of anilines is 1. The van der Waals surface area contributed by atoms with Gasteiger partial charge in [0.15, 0.2) is 0 Å². The van der Waals surface area contributed by atoms with Crippen LogP contribution in [0.1, 0.15) is 12.8 Å². The largest absolute Gasteiger partial charge is 0.367 e. The summed E-state index contributed by atoms with van der Waals surface area (Å²) in [6.07, 6.45) is 5.64. The molecule has 1 aliphatic rings. The highest BCUT2D eigenvalue weighted by atomic mass is 35.5. The second-order valence-electron chi connectivity index (χ2n) is 4.05. The van der Waals surface area contributed by atoms with Crippen LogP contribution >= 0.6 is 11.6 Å². The summed E-state index contributed by atoms with van der Waals surface area (Å²) in [4.78, 5) is 12.5. The molecule has 1 saturated carbocycles. The molecule has 4 nitrogen and oxygen atoms in total. The number of nitrogens with one attached hydrogen (secondary N) is 1. The van der Waals surface area contributed by atoms with Gasteiger partial charge < -0.3 is 5.32 Å². The van der Waals surface area contributed by atoms with Crippen molar-refractivity contribution in [2.75, 3.05) is 5.32 Å². The van der Waals surface area contributed by atoms with Crippen molar-refractivity contribution in [3.63, 3.8) is 0 Å². The first-order valence-electron chi connectivity index (χ1n) is 5.52. The van der Waals surface area contributed by atoms with Crippen LogP contribution in [0.5, 0.6) is 0 Å². The lowest BCUT2D eigenvalue weighted by molar-refractivity contribution is 1.08. The second kappa shape index (κ2) is 4.30. The molecule has 0 spiro atoms. The summed E-state index contributed by atoms with van der Waals surface area (Å²) in [5, 5.41) is 3.79. The average molecular weight is 247 g/mol. The number of halogens is 1. The molecule has 2 aromatic heterocycles. The molecule has 2 heterocycles. The maximum atomic E-state index is 6.04. The standard InChI is InChI=1S/C12H11ClN4/c13-12-9(2-1-5-14-12)10-6-11(16-7-15-10)17-8-3-4-8/h1-2,5-8H,3-4H2,(H,15,16,17). The summed E-state index contributed by atoms with van der Waals surface area (Å²) in [5.74, 6) is 0.845. The van der Waals surface area contributed by atoms with Crippen molar-refractivity contribution >= 4 is 17.4 Å². The Labute approximate surface area is 104 Å². The molecule has 17 heavy (non-hydrogen) atoms. The van der Waals surface area contributed by atoms with Crippen molar-refractivity contribution in [3.05, 3.63) is 35.9 Å². The lowest BCUT2D eigenvalue weighted by atomic mass is 10.2. The molecule has 2 aromatic rings. The zero-order chi connectivity index (χ0) is 11.7. The summed E-state index contributed by atoms with van der Waals surface area (Å²) >= 11 is 6.04. The highest BCUT2D eigenvalue weighted by Gasteiger charge is 2.21. The Balaban J connectivity index is 1.94. The molecule has 0 radical (unpaired) electrons. The molecule has 1 N–H and O–H groups in total. The van der Waals surface area contributed by atoms with E-state index in [4.69, 9.17) is 11.6 Å². The first-order valence-corrected chi connectivity index (χ1v) is 5.90. The van der Waals surface area contributed by atoms with E-state index in [0.29, 0.717) is 11.2 Å². The SMILES string of the molecule is Clc1ncccc1-c1cc(NC2CC2)ncn1. The van der Waals surface area contributed by atoms with Crippen molar-refractivity contribution in [1.29, 1.82) is 0 Å². The zero-order valence-corrected chi connectivity index (χ0v) is 9.85. The second-order valence-corrected chi connectivity index (χ2v) is 4.41. The lowest BCUT2D eigenvalue weighted by Gasteiger charge is -2.06. The van der Waals surface area contributed by atoms with Crippen LogP contribution in [-0.4, -0.2) is 21.0 Å². The topological polar surface area (TPSA) is 50.7 Å². The Bertz CT molecular complexity index is 540. The van der Waals surface area contributed by atoms with Gasteiger partial charge in [0.25, 0.3) is 0 Å². The smallest absolute Gasteiger partial charge is 0.138 e. The monoisotopic (exact) mass is 246 g/mol. The van der Waals surface area contributed by atoms with E-state index in [1.807, 2.05) is 18.2 Å². The van der Waals surface area contributed by atoms with E-state index < -0.39 is 0 Å². The fourth-order valence-corrected chi connectivity index (χ4v) is 1.81. The van der Waals surface area contributed by atoms with Gasteiger partial charge in [-0.15, -0.1) is 0 Å². The molecule has 0 aromatic carbocycles. The third kappa shape index (κ3) is 2.36. The van der Waals surface area contributed by atoms with Gasteiger partial charge >= 0.3 is 0 Å². The maximum absolute atomic E-state index is 6.04. The molecule has 0 atom stereocenters. The number of aromatic nitrogens is 3. The summed E-state index contributed by atoms with van der Waals surface area (Å²) in [6, 6.07) is 6.22. The Morgan fingerprint density at radius 1 is 1.24 bits per heavy atom. The zero-order valence-electron chi connectivity index (χ0n) is 9.10. The summed E-state index contributed by atoms with van der Waals surface area (Å²) < 4.78 is 0. The molecule has 0 saturated heterocycles. The summed E-state index contributed by atoms with van der Waals surface area (Å²) in [6.45, 7) is 0. The van der Waals surface area contributed by atoms with E-state index in [2.05, 4.69) is 20.3 Å². The van der Waals surface area contributed by atoms with E-state index >= 15 is 0 Å². The predicted octanol–water partition coefficient (Wildman–Crippen LogP) is 2.77. The van der Waals surface area contributed by atoms with Gasteiger partial charge in [-0.1, -0.05) is 11.6 Å². The minimum atomic E-state index is 0.462. The molecule has 0 bridgehead atoms. The molecule has 86 valence electrons. The summed E-state index contributed by atoms with van der Waals surface area (Å²) in [7, 11) is 0. The van der Waals surface area contributed by atoms with Gasteiger partial charge in [0.2, 0.25) is 0 Å². The first-order chi connectivity index (χ1) is 8.33. The van der Waals surface area contributed by atoms with Crippen molar-refractivity contribution in [1.82, 2.24) is 15.0 Å². The highest BCUT2D eigenvalue weighted by Crippen LogP contribution is 2.27. The molecule has 5 heteroatoms. The lowest BCUT2D eigenvalue weighted by Crippen LogP contribution is -2.03. The number of pyridine rings is 1. The normalized spacial score (nSPS) is 14.6. The Morgan fingerprint density at radius 2 is 2.12 bits per heavy atom. The van der Waals surface area contributed by atoms with Gasteiger partial charge in [0, 0.05) is 23.9 Å². The third-order valence-corrected chi connectivity index (χ3v) is 2.93. The fourth-order valence-electron chi connectivity index (χ4n) is 1.60. The van der Waals surface area contributed by atoms with Gasteiger partial charge in [-0.2, -0.15) is 0 Å². The van der Waals surface area contributed by atoms with E-state index in [0.717, 1.165) is 17.1 Å². The Morgan fingerprint density at radius 3 is 2.88 bits per heavy atom. The van der Waals surface area contributed by atoms with Crippen molar-refractivity contribution in [2.24, 2.45) is 0 Å². The van der Waals surface area contributed by atoms with E-state index in [1.54, 1.807) is 12.5 Å². The number of nitrogens with zero attached hydrogens (tertiary/aromatic N) is 3. The van der Waals surface area contributed by atoms with Gasteiger partial charge in [-0.25, -0.2) is 15.0 Å². The number of rotatable bonds is 3. The Hall–Kier alpha value is -1.68. The molecule has 1 fully saturated rings. The van der Waals surface area contributed by atoms with Gasteiger partial charge in [-0.3, -0.25) is 0 Å². The third-order valence-electron chi connectivity index (χ3n) is 2.63. The molecular weight excluding hydrogens is 236 g/mol. The van der Waals surface area contributed by atoms with E-state index in [1.165, 1.54) is 12.8 Å². The van der Waals surface area contributed by atoms with Crippen molar-refractivity contribution < 1.29 is 0 Å². The maximum Gasteiger partial charge on any atom is 0.138 e. The molecule has 0 unspecified atom stereocenters. The van der Waals surface area contributed by atoms with E-state index in [-0.39, 0.29) is 0 Å². The van der Waals surface area contributed by atoms with Crippen LogP contribution in [0.15, 0.2) is 30.7 Å². The fraction of sp³-hybridized carbons (Fsp3) is 0.250. The first kappa shape index (κ1) is 10.5. The predicted molar refractivity (Wildman–Crippen MR) is 66.9 cm³/mol. The average Bonchev–Trinajstić information content (AvgIpc) is 3.14. The van der Waals surface area contributed by atoms with Gasteiger partial charge in [0.1, 0.15) is 17.3 Å². The quantitative estimate of drug-likeness (QED) is 0.846. The van der Waals surface area contributed by atoms with Crippen LogP contribution < -0.4 is 5.32 Å². The Kier molecular flexibility index (Phi) is 2.65. The van der Waals surface area contributed by atoms with Crippen LogP contribution in [0, 0.1) is 0 Å². The van der Waals surface area contributed by atoms with E-state index in [9.17, 15) is 0 Å². The highest BCUT2D eigenvalue weighted by molar-refractivity contribution is 6.32. The number of hydrogen-bond donors (Lipinski definition) is 1. The van der Waals surface area contributed by atoms with Crippen LogP contribution in [0.2, 0.25) is 5.15 Å². The minimum absolute atomic E-state index is 0.462. The van der Waals surface area contributed by atoms with Crippen molar-refractivity contribution in [2.45, 2.75) is 18.9 Å². The minimum Gasteiger partial charge on any atom is -0.367 e. The summed E-state index contributed by atoms with van der Waals surface area (Å²) in [5.41, 5.74) is 1.62. The number of hydrogen-bond acceptors (Lipinski definition) is 4. The molecule has 3 rings (SSSR count).